The molecule has 0 aliphatic heterocycles. The molecule has 0 saturated carbocycles. The van der Waals surface area contributed by atoms with Crippen LogP contribution in [-0.2, 0) is 4.79 Å². The van der Waals surface area contributed by atoms with Gasteiger partial charge in [-0.2, -0.15) is 0 Å². The van der Waals surface area contributed by atoms with E-state index in [-0.39, 0.29) is 0 Å². The van der Waals surface area contributed by atoms with E-state index >= 15 is 0 Å². The van der Waals surface area contributed by atoms with Crippen LogP contribution in [0.2, 0.25) is 0 Å². The number of carbonyl (C=O) groups is 1. The smallest absolute Gasteiger partial charge is 0.321 e. The van der Waals surface area contributed by atoms with Gasteiger partial charge < -0.3 is 19.2 Å². The molecule has 0 aliphatic rings. The molecule has 1 amide bonds. The third kappa shape index (κ3) is 5.10. The minimum atomic E-state index is -1.20. The third-order valence-corrected chi connectivity index (χ3v) is 5.41. The highest BCUT2D eigenvalue weighted by Crippen LogP contribution is 2.28. The standard InChI is InChI=1S/C27H19BrN2O4/c28-19-9-7-8-18(16-19)26-30-23-17-20(14-15-24(23)34-26)29-25(31)27(32-21-10-3-1-4-11-21)33-22-12-5-2-6-13-22/h1-17,27H,(H,29,31). The Kier molecular flexibility index (Phi) is 6.27. The molecule has 168 valence electrons. The van der Waals surface area contributed by atoms with Crippen molar-refractivity contribution in [3.05, 3.63) is 108 Å². The number of oxazole rings is 1. The number of halogens is 1. The van der Waals surface area contributed by atoms with E-state index in [0.29, 0.717) is 34.2 Å². The molecule has 5 rings (SSSR count). The maximum Gasteiger partial charge on any atom is 0.321 e. The fraction of sp³-hybridized carbons (Fsp3) is 0.0370. The molecule has 6 nitrogen and oxygen atoms in total. The molecule has 0 saturated heterocycles. The number of hydrogen-bond donors (Lipinski definition) is 1. The molecule has 1 aromatic heterocycles. The van der Waals surface area contributed by atoms with Gasteiger partial charge in [-0.3, -0.25) is 4.79 Å². The SMILES string of the molecule is O=C(Nc1ccc2oc(-c3cccc(Br)c3)nc2c1)C(Oc1ccccc1)Oc1ccccc1. The number of nitrogens with one attached hydrogen (secondary N) is 1. The second-order valence-corrected chi connectivity index (χ2v) is 8.31. The summed E-state index contributed by atoms with van der Waals surface area (Å²) < 4.78 is 18.5. The number of anilines is 1. The van der Waals surface area contributed by atoms with Crippen LogP contribution in [0, 0.1) is 0 Å². The first-order chi connectivity index (χ1) is 16.6. The van der Waals surface area contributed by atoms with Gasteiger partial charge in [-0.25, -0.2) is 4.98 Å². The predicted octanol–water partition coefficient (Wildman–Crippen LogP) is 6.68. The molecule has 1 N–H and O–H groups in total. The van der Waals surface area contributed by atoms with Gasteiger partial charge in [0.2, 0.25) is 5.89 Å². The second-order valence-electron chi connectivity index (χ2n) is 7.39. The number of rotatable bonds is 7. The lowest BCUT2D eigenvalue weighted by Crippen LogP contribution is -2.38. The minimum Gasteiger partial charge on any atom is -0.446 e. The van der Waals surface area contributed by atoms with Crippen molar-refractivity contribution in [1.82, 2.24) is 4.98 Å². The first kappa shape index (κ1) is 21.7. The molecule has 0 bridgehead atoms. The maximum absolute atomic E-state index is 13.1. The first-order valence-corrected chi connectivity index (χ1v) is 11.3. The Balaban J connectivity index is 1.37. The summed E-state index contributed by atoms with van der Waals surface area (Å²) in [6, 6.07) is 31.1. The van der Waals surface area contributed by atoms with E-state index in [2.05, 4.69) is 26.2 Å². The summed E-state index contributed by atoms with van der Waals surface area (Å²) in [6.07, 6.45) is -1.20. The zero-order valence-electron chi connectivity index (χ0n) is 17.9. The topological polar surface area (TPSA) is 73.6 Å². The molecule has 0 aliphatic carbocycles. The van der Waals surface area contributed by atoms with Crippen LogP contribution in [0.1, 0.15) is 0 Å². The van der Waals surface area contributed by atoms with Gasteiger partial charge >= 0.3 is 12.2 Å². The van der Waals surface area contributed by atoms with Gasteiger partial charge in [0.15, 0.2) is 5.58 Å². The van der Waals surface area contributed by atoms with Crippen molar-refractivity contribution >= 4 is 38.6 Å². The van der Waals surface area contributed by atoms with Gasteiger partial charge in [-0.1, -0.05) is 58.4 Å². The Morgan fingerprint density at radius 1 is 0.824 bits per heavy atom. The van der Waals surface area contributed by atoms with Crippen LogP contribution in [0.5, 0.6) is 11.5 Å². The van der Waals surface area contributed by atoms with E-state index in [1.807, 2.05) is 60.7 Å². The van der Waals surface area contributed by atoms with E-state index in [4.69, 9.17) is 13.9 Å². The quantitative estimate of drug-likeness (QED) is 0.245. The summed E-state index contributed by atoms with van der Waals surface area (Å²) in [5, 5.41) is 2.85. The molecule has 0 unspecified atom stereocenters. The summed E-state index contributed by atoms with van der Waals surface area (Å²) in [5.41, 5.74) is 2.64. The van der Waals surface area contributed by atoms with Gasteiger partial charge in [0.25, 0.3) is 0 Å². The van der Waals surface area contributed by atoms with E-state index in [0.717, 1.165) is 10.0 Å². The molecule has 0 atom stereocenters. The number of fused-ring (bicyclic) bond motifs is 1. The molecular formula is C27H19BrN2O4. The monoisotopic (exact) mass is 514 g/mol. The molecule has 34 heavy (non-hydrogen) atoms. The van der Waals surface area contributed by atoms with Crippen LogP contribution in [0.15, 0.2) is 112 Å². The molecule has 0 radical (unpaired) electrons. The third-order valence-electron chi connectivity index (χ3n) is 4.91. The van der Waals surface area contributed by atoms with E-state index in [9.17, 15) is 4.79 Å². The summed E-state index contributed by atoms with van der Waals surface area (Å²) in [7, 11) is 0. The van der Waals surface area contributed by atoms with E-state index in [1.165, 1.54) is 0 Å². The average Bonchev–Trinajstić information content (AvgIpc) is 3.28. The van der Waals surface area contributed by atoms with Crippen LogP contribution in [0.4, 0.5) is 5.69 Å². The second kappa shape index (κ2) is 9.80. The van der Waals surface area contributed by atoms with Gasteiger partial charge in [0, 0.05) is 15.7 Å². The number of nitrogens with zero attached hydrogens (tertiary/aromatic N) is 1. The Morgan fingerprint density at radius 2 is 1.50 bits per heavy atom. The summed E-state index contributed by atoms with van der Waals surface area (Å²) in [5.74, 6) is 1.08. The lowest BCUT2D eigenvalue weighted by molar-refractivity contribution is -0.134. The van der Waals surface area contributed by atoms with Gasteiger partial charge in [-0.15, -0.1) is 0 Å². The highest BCUT2D eigenvalue weighted by atomic mass is 79.9. The number of ether oxygens (including phenoxy) is 2. The Labute approximate surface area is 204 Å². The number of amides is 1. The van der Waals surface area contributed by atoms with Crippen molar-refractivity contribution in [3.63, 3.8) is 0 Å². The van der Waals surface area contributed by atoms with Crippen molar-refractivity contribution in [2.75, 3.05) is 5.32 Å². The number of carbonyl (C=O) groups excluding carboxylic acids is 1. The van der Waals surface area contributed by atoms with Gasteiger partial charge in [-0.05, 0) is 60.7 Å². The predicted molar refractivity (Wildman–Crippen MR) is 134 cm³/mol. The lowest BCUT2D eigenvalue weighted by atomic mass is 10.2. The molecule has 1 heterocycles. The number of hydrogen-bond acceptors (Lipinski definition) is 5. The van der Waals surface area contributed by atoms with Crippen LogP contribution in [-0.4, -0.2) is 17.2 Å². The molecule has 5 aromatic rings. The largest absolute Gasteiger partial charge is 0.446 e. The van der Waals surface area contributed by atoms with E-state index in [1.54, 1.807) is 42.5 Å². The zero-order valence-corrected chi connectivity index (χ0v) is 19.4. The van der Waals surface area contributed by atoms with E-state index < -0.39 is 12.2 Å². The zero-order chi connectivity index (χ0) is 23.3. The fourth-order valence-electron chi connectivity index (χ4n) is 3.33. The molecule has 7 heteroatoms. The van der Waals surface area contributed by atoms with Crippen molar-refractivity contribution < 1.29 is 18.7 Å². The highest BCUT2D eigenvalue weighted by molar-refractivity contribution is 9.10. The number of aromatic nitrogens is 1. The summed E-state index contributed by atoms with van der Waals surface area (Å²) >= 11 is 3.46. The molecule has 0 spiro atoms. The molecule has 0 fully saturated rings. The first-order valence-electron chi connectivity index (χ1n) is 10.5. The Hall–Kier alpha value is -4.10. The summed E-state index contributed by atoms with van der Waals surface area (Å²) in [6.45, 7) is 0. The highest BCUT2D eigenvalue weighted by Gasteiger charge is 2.23. The normalized spacial score (nSPS) is 10.9. The Bertz CT molecular complexity index is 1380. The number of para-hydroxylation sites is 2. The maximum atomic E-state index is 13.1. The molecular weight excluding hydrogens is 496 g/mol. The van der Waals surface area contributed by atoms with Crippen LogP contribution < -0.4 is 14.8 Å². The molecule has 4 aromatic carbocycles. The summed E-state index contributed by atoms with van der Waals surface area (Å²) in [4.78, 5) is 17.7. The minimum absolute atomic E-state index is 0.456. The van der Waals surface area contributed by atoms with Crippen LogP contribution in [0.25, 0.3) is 22.6 Å². The average molecular weight is 515 g/mol. The van der Waals surface area contributed by atoms with Crippen LogP contribution in [0.3, 0.4) is 0 Å². The van der Waals surface area contributed by atoms with Gasteiger partial charge in [0.05, 0.1) is 0 Å². The van der Waals surface area contributed by atoms with Crippen molar-refractivity contribution in [2.24, 2.45) is 0 Å². The Morgan fingerprint density at radius 3 is 2.15 bits per heavy atom. The fourth-order valence-corrected chi connectivity index (χ4v) is 3.73. The van der Waals surface area contributed by atoms with Gasteiger partial charge in [0.1, 0.15) is 17.0 Å². The van der Waals surface area contributed by atoms with Crippen molar-refractivity contribution in [1.29, 1.82) is 0 Å². The van der Waals surface area contributed by atoms with Crippen LogP contribution >= 0.6 is 15.9 Å². The van der Waals surface area contributed by atoms with Crippen molar-refractivity contribution in [2.45, 2.75) is 6.29 Å². The number of benzene rings is 4. The van der Waals surface area contributed by atoms with Crippen molar-refractivity contribution in [3.8, 4) is 23.0 Å². The lowest BCUT2D eigenvalue weighted by Gasteiger charge is -2.20.